The quantitative estimate of drug-likeness (QED) is 0.486. The van der Waals surface area contributed by atoms with Crippen molar-refractivity contribution in [3.8, 4) is 0 Å². The van der Waals surface area contributed by atoms with E-state index in [1.807, 2.05) is 0 Å². The van der Waals surface area contributed by atoms with Crippen LogP contribution in [-0.4, -0.2) is 47.2 Å². The van der Waals surface area contributed by atoms with Crippen LogP contribution in [-0.2, 0) is 14.8 Å². The van der Waals surface area contributed by atoms with E-state index < -0.39 is 22.1 Å². The molecule has 90 valence electrons. The molecule has 0 radical (unpaired) electrons. The van der Waals surface area contributed by atoms with E-state index in [1.54, 1.807) is 0 Å². The van der Waals surface area contributed by atoms with Gasteiger partial charge in [-0.1, -0.05) is 0 Å². The van der Waals surface area contributed by atoms with Crippen molar-refractivity contribution in [1.29, 1.82) is 0 Å². The molecule has 8 nitrogen and oxygen atoms in total. The molecule has 9 heteroatoms. The summed E-state index contributed by atoms with van der Waals surface area (Å²) >= 11 is 0. The Bertz CT molecular complexity index is 441. The van der Waals surface area contributed by atoms with Crippen molar-refractivity contribution >= 4 is 16.0 Å². The Balaban J connectivity index is 2.47. The second-order valence-electron chi connectivity index (χ2n) is 2.96. The van der Waals surface area contributed by atoms with Crippen molar-refractivity contribution in [2.75, 3.05) is 6.54 Å². The molecule has 4 N–H and O–H groups in total. The summed E-state index contributed by atoms with van der Waals surface area (Å²) in [7, 11) is -3.71. The van der Waals surface area contributed by atoms with Crippen molar-refractivity contribution < 1.29 is 23.4 Å². The monoisotopic (exact) mass is 249 g/mol. The molecule has 0 bridgehead atoms. The molecule has 0 amide bonds. The van der Waals surface area contributed by atoms with Crippen LogP contribution in [0.2, 0.25) is 0 Å². The Morgan fingerprint density at radius 1 is 1.62 bits per heavy atom. The standard InChI is InChI=1S/C7H11N3O5S/c11-5(7(12)13)1-2-10-16(14,15)6-3-8-4-9-6/h3-5,10-11H,1-2H2,(H,8,9)(H,12,13). The van der Waals surface area contributed by atoms with Gasteiger partial charge < -0.3 is 15.2 Å². The number of carboxylic acid groups (broad SMARTS) is 1. The Kier molecular flexibility index (Phi) is 3.99. The zero-order chi connectivity index (χ0) is 12.2. The van der Waals surface area contributed by atoms with Crippen LogP contribution in [0.4, 0.5) is 0 Å². The molecule has 0 aromatic carbocycles. The van der Waals surface area contributed by atoms with E-state index in [0.29, 0.717) is 0 Å². The molecular formula is C7H11N3O5S. The van der Waals surface area contributed by atoms with Gasteiger partial charge in [0.05, 0.1) is 12.5 Å². The first-order valence-electron chi connectivity index (χ1n) is 4.32. The highest BCUT2D eigenvalue weighted by molar-refractivity contribution is 7.89. The lowest BCUT2D eigenvalue weighted by Crippen LogP contribution is -2.30. The van der Waals surface area contributed by atoms with E-state index >= 15 is 0 Å². The van der Waals surface area contributed by atoms with Gasteiger partial charge in [0.1, 0.15) is 0 Å². The molecular weight excluding hydrogens is 238 g/mol. The fraction of sp³-hybridized carbons (Fsp3) is 0.429. The third-order valence-electron chi connectivity index (χ3n) is 1.76. The van der Waals surface area contributed by atoms with Crippen LogP contribution < -0.4 is 4.72 Å². The zero-order valence-corrected chi connectivity index (χ0v) is 8.94. The molecule has 1 atom stereocenters. The molecule has 0 spiro atoms. The molecule has 0 aliphatic carbocycles. The van der Waals surface area contributed by atoms with Gasteiger partial charge in [-0.2, -0.15) is 0 Å². The summed E-state index contributed by atoms with van der Waals surface area (Å²) in [5.74, 6) is -1.39. The van der Waals surface area contributed by atoms with Gasteiger partial charge in [0.15, 0.2) is 11.1 Å². The lowest BCUT2D eigenvalue weighted by Gasteiger charge is -2.06. The number of nitrogens with zero attached hydrogens (tertiary/aromatic N) is 1. The summed E-state index contributed by atoms with van der Waals surface area (Å²) in [5, 5.41) is 17.1. The number of nitrogens with one attached hydrogen (secondary N) is 2. The second-order valence-corrected chi connectivity index (χ2v) is 4.69. The van der Waals surface area contributed by atoms with E-state index in [1.165, 1.54) is 6.33 Å². The number of hydrogen-bond acceptors (Lipinski definition) is 5. The molecule has 0 saturated carbocycles. The highest BCUT2D eigenvalue weighted by Gasteiger charge is 2.17. The maximum absolute atomic E-state index is 11.4. The average molecular weight is 249 g/mol. The minimum absolute atomic E-state index is 0.114. The Morgan fingerprint density at radius 3 is 2.81 bits per heavy atom. The van der Waals surface area contributed by atoms with Crippen molar-refractivity contribution in [1.82, 2.24) is 14.7 Å². The van der Waals surface area contributed by atoms with E-state index in [0.717, 1.165) is 6.20 Å². The van der Waals surface area contributed by atoms with Crippen LogP contribution in [0, 0.1) is 0 Å². The van der Waals surface area contributed by atoms with Crippen molar-refractivity contribution in [2.24, 2.45) is 0 Å². The van der Waals surface area contributed by atoms with Gasteiger partial charge in [-0.15, -0.1) is 0 Å². The van der Waals surface area contributed by atoms with E-state index in [9.17, 15) is 13.2 Å². The van der Waals surface area contributed by atoms with Gasteiger partial charge in [0, 0.05) is 6.54 Å². The highest BCUT2D eigenvalue weighted by atomic mass is 32.2. The zero-order valence-electron chi connectivity index (χ0n) is 8.12. The summed E-state index contributed by atoms with van der Waals surface area (Å²) in [5.41, 5.74) is 0. The summed E-state index contributed by atoms with van der Waals surface area (Å²) in [4.78, 5) is 16.2. The maximum atomic E-state index is 11.4. The van der Waals surface area contributed by atoms with Crippen LogP contribution in [0.5, 0.6) is 0 Å². The number of carbonyl (C=O) groups is 1. The third-order valence-corrected chi connectivity index (χ3v) is 3.14. The number of aliphatic hydroxyl groups excluding tert-OH is 1. The average Bonchev–Trinajstić information content (AvgIpc) is 2.70. The summed E-state index contributed by atoms with van der Waals surface area (Å²) in [6.45, 7) is -0.172. The fourth-order valence-corrected chi connectivity index (χ4v) is 1.87. The molecule has 0 fully saturated rings. The largest absolute Gasteiger partial charge is 0.479 e. The number of hydrogen-bond donors (Lipinski definition) is 4. The highest BCUT2D eigenvalue weighted by Crippen LogP contribution is 2.02. The molecule has 0 saturated heterocycles. The smallest absolute Gasteiger partial charge is 0.332 e. The number of carboxylic acids is 1. The normalized spacial score (nSPS) is 13.6. The van der Waals surface area contributed by atoms with Gasteiger partial charge in [-0.25, -0.2) is 22.9 Å². The molecule has 0 aliphatic rings. The van der Waals surface area contributed by atoms with Gasteiger partial charge in [-0.3, -0.25) is 0 Å². The number of aromatic amines is 1. The van der Waals surface area contributed by atoms with Crippen LogP contribution >= 0.6 is 0 Å². The van der Waals surface area contributed by atoms with Crippen molar-refractivity contribution in [3.63, 3.8) is 0 Å². The number of sulfonamides is 1. The molecule has 1 aromatic rings. The number of rotatable bonds is 6. The van der Waals surface area contributed by atoms with Gasteiger partial charge in [0.2, 0.25) is 0 Å². The predicted octanol–water partition coefficient (Wildman–Crippen LogP) is -1.48. The first-order valence-corrected chi connectivity index (χ1v) is 5.80. The predicted molar refractivity (Wildman–Crippen MR) is 52.0 cm³/mol. The number of H-pyrrole nitrogens is 1. The summed E-state index contributed by atoms with van der Waals surface area (Å²) in [6.07, 6.45) is 0.545. The first kappa shape index (κ1) is 12.6. The van der Waals surface area contributed by atoms with Crippen molar-refractivity contribution in [3.05, 3.63) is 12.5 Å². The molecule has 1 heterocycles. The number of imidazole rings is 1. The lowest BCUT2D eigenvalue weighted by atomic mass is 10.3. The Labute approximate surface area is 91.4 Å². The minimum atomic E-state index is -3.71. The van der Waals surface area contributed by atoms with Crippen LogP contribution in [0.25, 0.3) is 0 Å². The van der Waals surface area contributed by atoms with Gasteiger partial charge in [-0.05, 0) is 6.42 Å². The SMILES string of the molecule is O=C(O)C(O)CCNS(=O)(=O)c1cnc[nH]1. The second kappa shape index (κ2) is 5.05. The minimum Gasteiger partial charge on any atom is -0.479 e. The number of aromatic nitrogens is 2. The van der Waals surface area contributed by atoms with Crippen LogP contribution in [0.1, 0.15) is 6.42 Å². The molecule has 1 aromatic heterocycles. The van der Waals surface area contributed by atoms with Gasteiger partial charge >= 0.3 is 5.97 Å². The lowest BCUT2D eigenvalue weighted by molar-refractivity contribution is -0.146. The van der Waals surface area contributed by atoms with Crippen LogP contribution in [0.3, 0.4) is 0 Å². The maximum Gasteiger partial charge on any atom is 0.332 e. The van der Waals surface area contributed by atoms with E-state index in [-0.39, 0.29) is 18.0 Å². The fourth-order valence-electron chi connectivity index (χ4n) is 0.921. The van der Waals surface area contributed by atoms with Crippen molar-refractivity contribution in [2.45, 2.75) is 17.6 Å². The number of aliphatic hydroxyl groups is 1. The molecule has 1 unspecified atom stereocenters. The van der Waals surface area contributed by atoms with Crippen LogP contribution in [0.15, 0.2) is 17.6 Å². The topological polar surface area (TPSA) is 132 Å². The molecule has 0 aliphatic heterocycles. The third kappa shape index (κ3) is 3.29. The first-order chi connectivity index (χ1) is 7.43. The van der Waals surface area contributed by atoms with E-state index in [2.05, 4.69) is 14.7 Å². The Morgan fingerprint density at radius 2 is 2.31 bits per heavy atom. The summed E-state index contributed by atoms with van der Waals surface area (Å²) < 4.78 is 25.0. The Hall–Kier alpha value is -1.45. The molecule has 1 rings (SSSR count). The number of aliphatic carboxylic acids is 1. The molecule has 16 heavy (non-hydrogen) atoms. The van der Waals surface area contributed by atoms with E-state index in [4.69, 9.17) is 10.2 Å². The van der Waals surface area contributed by atoms with Gasteiger partial charge in [0.25, 0.3) is 10.0 Å². The summed E-state index contributed by atoms with van der Waals surface area (Å²) in [6, 6.07) is 0.